The Morgan fingerprint density at radius 3 is 2.64 bits per heavy atom. The molecule has 1 aromatic heterocycles. The Kier molecular flexibility index (Phi) is 4.64. The topological polar surface area (TPSA) is 51.1 Å². The molecule has 0 saturated heterocycles. The molecule has 0 spiro atoms. The van der Waals surface area contributed by atoms with Crippen molar-refractivity contribution < 1.29 is 9.59 Å². The lowest BCUT2D eigenvalue weighted by Gasteiger charge is -2.12. The number of amides is 1. The minimum absolute atomic E-state index is 0.170. The van der Waals surface area contributed by atoms with Crippen molar-refractivity contribution in [3.05, 3.63) is 64.3 Å². The predicted molar refractivity (Wildman–Crippen MR) is 102 cm³/mol. The molecule has 0 aliphatic heterocycles. The van der Waals surface area contributed by atoms with Crippen molar-refractivity contribution in [1.29, 1.82) is 0 Å². The molecule has 0 unspecified atom stereocenters. The number of hydrogen-bond acceptors (Lipinski definition) is 2. The summed E-state index contributed by atoms with van der Waals surface area (Å²) in [5.41, 5.74) is 3.99. The summed E-state index contributed by atoms with van der Waals surface area (Å²) in [5, 5.41) is 4.23. The van der Waals surface area contributed by atoms with Crippen molar-refractivity contribution >= 4 is 40.0 Å². The van der Waals surface area contributed by atoms with Gasteiger partial charge in [0, 0.05) is 29.2 Å². The molecule has 128 valence electrons. The molecule has 0 radical (unpaired) electrons. The molecule has 0 atom stereocenters. The monoisotopic (exact) mass is 354 g/mol. The van der Waals surface area contributed by atoms with Crippen molar-refractivity contribution in [2.75, 3.05) is 5.32 Å². The number of nitrogens with zero attached hydrogens (tertiary/aromatic N) is 1. The number of aryl methyl sites for hydroxylation is 2. The summed E-state index contributed by atoms with van der Waals surface area (Å²) in [5.74, 6) is -0.409. The zero-order valence-electron chi connectivity index (χ0n) is 14.4. The Morgan fingerprint density at radius 1 is 1.20 bits per heavy atom. The fourth-order valence-electron chi connectivity index (χ4n) is 3.02. The van der Waals surface area contributed by atoms with Crippen LogP contribution in [0.3, 0.4) is 0 Å². The van der Waals surface area contributed by atoms with Crippen LogP contribution >= 0.6 is 11.6 Å². The number of rotatable bonds is 3. The molecule has 25 heavy (non-hydrogen) atoms. The first kappa shape index (κ1) is 17.2. The Balaban J connectivity index is 2.08. The fourth-order valence-corrected chi connectivity index (χ4v) is 3.19. The molecular formula is C20H19ClN2O2. The van der Waals surface area contributed by atoms with E-state index in [-0.39, 0.29) is 11.8 Å². The summed E-state index contributed by atoms with van der Waals surface area (Å²) in [6, 6.07) is 11.1. The number of benzene rings is 2. The normalized spacial score (nSPS) is 10.9. The van der Waals surface area contributed by atoms with Gasteiger partial charge in [0.1, 0.15) is 0 Å². The second-order valence-electron chi connectivity index (χ2n) is 6.01. The average Bonchev–Trinajstić information content (AvgIpc) is 2.95. The summed E-state index contributed by atoms with van der Waals surface area (Å²) >= 11 is 6.05. The number of carbonyl (C=O) groups excluding carboxylic acids is 2. The highest BCUT2D eigenvalue weighted by Crippen LogP contribution is 2.27. The number of halogens is 1. The largest absolute Gasteiger partial charge is 0.321 e. The van der Waals surface area contributed by atoms with Crippen molar-refractivity contribution in [3.8, 4) is 0 Å². The van der Waals surface area contributed by atoms with E-state index in [9.17, 15) is 9.59 Å². The SMILES string of the molecule is CCc1cccc(C)c1NC(=O)c1cn(C(C)=O)c2cc(Cl)ccc12. The van der Waals surface area contributed by atoms with Gasteiger partial charge in [0.2, 0.25) is 5.91 Å². The van der Waals surface area contributed by atoms with Gasteiger partial charge in [0.15, 0.2) is 0 Å². The van der Waals surface area contributed by atoms with E-state index in [1.54, 1.807) is 24.4 Å². The highest BCUT2D eigenvalue weighted by molar-refractivity contribution is 6.31. The molecule has 3 aromatic rings. The molecule has 1 N–H and O–H groups in total. The summed E-state index contributed by atoms with van der Waals surface area (Å²) < 4.78 is 1.45. The molecule has 0 bridgehead atoms. The summed E-state index contributed by atoms with van der Waals surface area (Å²) in [7, 11) is 0. The molecule has 5 heteroatoms. The Morgan fingerprint density at radius 2 is 1.96 bits per heavy atom. The van der Waals surface area contributed by atoms with Gasteiger partial charge in [0.25, 0.3) is 5.91 Å². The van der Waals surface area contributed by atoms with E-state index < -0.39 is 0 Å². The smallest absolute Gasteiger partial charge is 0.257 e. The Hall–Kier alpha value is -2.59. The quantitative estimate of drug-likeness (QED) is 0.713. The highest BCUT2D eigenvalue weighted by atomic mass is 35.5. The molecule has 4 nitrogen and oxygen atoms in total. The summed E-state index contributed by atoms with van der Waals surface area (Å²) in [4.78, 5) is 24.8. The van der Waals surface area contributed by atoms with Crippen LogP contribution < -0.4 is 5.32 Å². The highest BCUT2D eigenvalue weighted by Gasteiger charge is 2.18. The van der Waals surface area contributed by atoms with Gasteiger partial charge in [-0.05, 0) is 36.6 Å². The lowest BCUT2D eigenvalue weighted by molar-refractivity contribution is 0.0941. The predicted octanol–water partition coefficient (Wildman–Crippen LogP) is 5.08. The lowest BCUT2D eigenvalue weighted by atomic mass is 10.1. The minimum atomic E-state index is -0.240. The van der Waals surface area contributed by atoms with E-state index in [0.29, 0.717) is 21.5 Å². The van der Waals surface area contributed by atoms with Crippen molar-refractivity contribution in [1.82, 2.24) is 4.57 Å². The maximum atomic E-state index is 12.9. The third kappa shape index (κ3) is 3.17. The van der Waals surface area contributed by atoms with E-state index in [1.807, 2.05) is 32.0 Å². The van der Waals surface area contributed by atoms with Gasteiger partial charge in [-0.1, -0.05) is 42.8 Å². The molecule has 2 aromatic carbocycles. The average molecular weight is 355 g/mol. The third-order valence-corrected chi connectivity index (χ3v) is 4.57. The van der Waals surface area contributed by atoms with Crippen LogP contribution in [0.4, 0.5) is 5.69 Å². The lowest BCUT2D eigenvalue weighted by Crippen LogP contribution is -2.14. The van der Waals surface area contributed by atoms with Crippen molar-refractivity contribution in [2.45, 2.75) is 27.2 Å². The van der Waals surface area contributed by atoms with Crippen LogP contribution in [0.25, 0.3) is 10.9 Å². The Labute approximate surface area is 151 Å². The van der Waals surface area contributed by atoms with Gasteiger partial charge in [-0.25, -0.2) is 0 Å². The van der Waals surface area contributed by atoms with E-state index in [1.165, 1.54) is 11.5 Å². The molecule has 3 rings (SSSR count). The van der Waals surface area contributed by atoms with Crippen LogP contribution in [0.5, 0.6) is 0 Å². The van der Waals surface area contributed by atoms with Gasteiger partial charge in [-0.3, -0.25) is 14.2 Å². The first-order chi connectivity index (χ1) is 11.9. The number of aromatic nitrogens is 1. The molecule has 1 amide bonds. The number of fused-ring (bicyclic) bond motifs is 1. The van der Waals surface area contributed by atoms with Crippen LogP contribution in [0.1, 0.15) is 40.1 Å². The molecule has 0 fully saturated rings. The summed E-state index contributed by atoms with van der Waals surface area (Å²) in [6.45, 7) is 5.47. The molecule has 0 aliphatic carbocycles. The second kappa shape index (κ2) is 6.73. The standard InChI is InChI=1S/C20H19ClN2O2/c1-4-14-7-5-6-12(2)19(14)22-20(25)17-11-23(13(3)24)18-10-15(21)8-9-16(17)18/h5-11H,4H2,1-3H3,(H,22,25). The first-order valence-electron chi connectivity index (χ1n) is 8.13. The van der Waals surface area contributed by atoms with Crippen molar-refractivity contribution in [2.24, 2.45) is 0 Å². The van der Waals surface area contributed by atoms with E-state index >= 15 is 0 Å². The second-order valence-corrected chi connectivity index (χ2v) is 6.45. The van der Waals surface area contributed by atoms with Crippen LogP contribution in [0.15, 0.2) is 42.6 Å². The van der Waals surface area contributed by atoms with Gasteiger partial charge in [-0.15, -0.1) is 0 Å². The van der Waals surface area contributed by atoms with Gasteiger partial charge >= 0.3 is 0 Å². The fraction of sp³-hybridized carbons (Fsp3) is 0.200. The van der Waals surface area contributed by atoms with E-state index in [4.69, 9.17) is 11.6 Å². The van der Waals surface area contributed by atoms with E-state index in [0.717, 1.165) is 23.2 Å². The van der Waals surface area contributed by atoms with Gasteiger partial charge in [-0.2, -0.15) is 0 Å². The molecule has 0 saturated carbocycles. The Bertz CT molecular complexity index is 989. The molecule has 0 aliphatic rings. The maximum absolute atomic E-state index is 12.9. The number of anilines is 1. The van der Waals surface area contributed by atoms with Gasteiger partial charge in [0.05, 0.1) is 11.1 Å². The maximum Gasteiger partial charge on any atom is 0.257 e. The number of carbonyl (C=O) groups is 2. The zero-order valence-corrected chi connectivity index (χ0v) is 15.1. The van der Waals surface area contributed by atoms with Gasteiger partial charge < -0.3 is 5.32 Å². The first-order valence-corrected chi connectivity index (χ1v) is 8.51. The van der Waals surface area contributed by atoms with E-state index in [2.05, 4.69) is 5.32 Å². The van der Waals surface area contributed by atoms with Crippen LogP contribution in [0.2, 0.25) is 5.02 Å². The third-order valence-electron chi connectivity index (χ3n) is 4.33. The van der Waals surface area contributed by atoms with Crippen molar-refractivity contribution in [3.63, 3.8) is 0 Å². The van der Waals surface area contributed by atoms with Crippen LogP contribution in [-0.4, -0.2) is 16.4 Å². The number of nitrogens with one attached hydrogen (secondary N) is 1. The summed E-state index contributed by atoms with van der Waals surface area (Å²) in [6.07, 6.45) is 2.39. The number of hydrogen-bond donors (Lipinski definition) is 1. The minimum Gasteiger partial charge on any atom is -0.321 e. The number of para-hydroxylation sites is 1. The zero-order chi connectivity index (χ0) is 18.1. The molecule has 1 heterocycles. The molecular weight excluding hydrogens is 336 g/mol. The van der Waals surface area contributed by atoms with Crippen LogP contribution in [-0.2, 0) is 6.42 Å². The van der Waals surface area contributed by atoms with Crippen LogP contribution in [0, 0.1) is 6.92 Å².